The van der Waals surface area contributed by atoms with Gasteiger partial charge in [-0.15, -0.1) is 10.2 Å². The molecule has 0 spiro atoms. The fourth-order valence-corrected chi connectivity index (χ4v) is 2.25. The molecule has 6 heteroatoms. The number of carbonyl (C=O) groups excluding carboxylic acids is 1. The molecule has 0 radical (unpaired) electrons. The Morgan fingerprint density at radius 1 is 1.37 bits per heavy atom. The topological polar surface area (TPSA) is 65.2 Å². The summed E-state index contributed by atoms with van der Waals surface area (Å²) >= 11 is 3.34. The standard InChI is InChI=1S/C13H13BrN2O3/c1-3-11-15-16-12(19-11)7-18-13-8(2)4-10(14)5-9(13)6-17/h4-6H,3,7H2,1-2H3. The van der Waals surface area contributed by atoms with E-state index in [-0.39, 0.29) is 6.61 Å². The molecule has 0 N–H and O–H groups in total. The van der Waals surface area contributed by atoms with Crippen LogP contribution in [0.4, 0.5) is 0 Å². The summed E-state index contributed by atoms with van der Waals surface area (Å²) in [5.41, 5.74) is 1.36. The predicted octanol–water partition coefficient (Wildman–Crippen LogP) is 3.09. The van der Waals surface area contributed by atoms with Gasteiger partial charge >= 0.3 is 0 Å². The normalized spacial score (nSPS) is 10.5. The summed E-state index contributed by atoms with van der Waals surface area (Å²) in [5.74, 6) is 1.51. The van der Waals surface area contributed by atoms with Gasteiger partial charge in [0.2, 0.25) is 5.89 Å². The molecule has 5 nitrogen and oxygen atoms in total. The van der Waals surface area contributed by atoms with Crippen molar-refractivity contribution in [3.05, 3.63) is 39.5 Å². The second-order valence-electron chi connectivity index (χ2n) is 3.99. The summed E-state index contributed by atoms with van der Waals surface area (Å²) in [4.78, 5) is 11.0. The van der Waals surface area contributed by atoms with E-state index in [4.69, 9.17) is 9.15 Å². The van der Waals surface area contributed by atoms with Gasteiger partial charge < -0.3 is 9.15 Å². The molecule has 0 aliphatic carbocycles. The molecule has 0 saturated carbocycles. The molecule has 2 rings (SSSR count). The van der Waals surface area contributed by atoms with E-state index in [1.807, 2.05) is 19.9 Å². The summed E-state index contributed by atoms with van der Waals surface area (Å²) in [7, 11) is 0. The monoisotopic (exact) mass is 324 g/mol. The summed E-state index contributed by atoms with van der Waals surface area (Å²) < 4.78 is 11.8. The summed E-state index contributed by atoms with van der Waals surface area (Å²) in [6.07, 6.45) is 1.45. The average molecular weight is 325 g/mol. The zero-order valence-electron chi connectivity index (χ0n) is 10.6. The molecule has 19 heavy (non-hydrogen) atoms. The van der Waals surface area contributed by atoms with Gasteiger partial charge in [-0.1, -0.05) is 22.9 Å². The van der Waals surface area contributed by atoms with E-state index in [1.165, 1.54) is 0 Å². The van der Waals surface area contributed by atoms with Crippen LogP contribution in [0.15, 0.2) is 21.0 Å². The SMILES string of the molecule is CCc1nnc(COc2c(C)cc(Br)cc2C=O)o1. The molecule has 0 fully saturated rings. The molecule has 0 unspecified atom stereocenters. The molecular formula is C13H13BrN2O3. The maximum Gasteiger partial charge on any atom is 0.253 e. The van der Waals surface area contributed by atoms with Crippen LogP contribution < -0.4 is 4.74 Å². The van der Waals surface area contributed by atoms with Gasteiger partial charge in [-0.25, -0.2) is 0 Å². The fraction of sp³-hybridized carbons (Fsp3) is 0.308. The van der Waals surface area contributed by atoms with Crippen LogP contribution in [0.25, 0.3) is 0 Å². The van der Waals surface area contributed by atoms with Gasteiger partial charge in [-0.3, -0.25) is 4.79 Å². The van der Waals surface area contributed by atoms with E-state index in [0.717, 1.165) is 16.3 Å². The maximum absolute atomic E-state index is 11.0. The van der Waals surface area contributed by atoms with Gasteiger partial charge in [0, 0.05) is 10.9 Å². The first-order valence-electron chi connectivity index (χ1n) is 5.83. The Morgan fingerprint density at radius 3 is 2.74 bits per heavy atom. The van der Waals surface area contributed by atoms with Gasteiger partial charge in [0.1, 0.15) is 5.75 Å². The third kappa shape index (κ3) is 3.20. The second-order valence-corrected chi connectivity index (χ2v) is 4.91. The lowest BCUT2D eigenvalue weighted by atomic mass is 10.1. The highest BCUT2D eigenvalue weighted by molar-refractivity contribution is 9.10. The van der Waals surface area contributed by atoms with Crippen molar-refractivity contribution >= 4 is 22.2 Å². The van der Waals surface area contributed by atoms with Gasteiger partial charge in [-0.2, -0.15) is 0 Å². The zero-order chi connectivity index (χ0) is 13.8. The molecule has 0 atom stereocenters. The van der Waals surface area contributed by atoms with Crippen LogP contribution >= 0.6 is 15.9 Å². The molecule has 2 aromatic rings. The van der Waals surface area contributed by atoms with Crippen molar-refractivity contribution in [2.45, 2.75) is 26.9 Å². The Labute approximate surface area is 119 Å². The second kappa shape index (κ2) is 5.97. The first kappa shape index (κ1) is 13.7. The number of ether oxygens (including phenoxy) is 1. The van der Waals surface area contributed by atoms with Crippen LogP contribution in [0.2, 0.25) is 0 Å². The van der Waals surface area contributed by atoms with Crippen LogP contribution in [0.3, 0.4) is 0 Å². The number of benzene rings is 1. The van der Waals surface area contributed by atoms with Crippen molar-refractivity contribution in [3.8, 4) is 5.75 Å². The summed E-state index contributed by atoms with van der Waals surface area (Å²) in [6.45, 7) is 3.95. The molecule has 0 aliphatic rings. The van der Waals surface area contributed by atoms with Crippen molar-refractivity contribution < 1.29 is 13.9 Å². The summed E-state index contributed by atoms with van der Waals surface area (Å²) in [6, 6.07) is 3.59. The lowest BCUT2D eigenvalue weighted by molar-refractivity contribution is 0.111. The van der Waals surface area contributed by atoms with E-state index in [9.17, 15) is 4.79 Å². The zero-order valence-corrected chi connectivity index (χ0v) is 12.2. The first-order chi connectivity index (χ1) is 9.13. The Kier molecular flexibility index (Phi) is 4.31. The van der Waals surface area contributed by atoms with Crippen molar-refractivity contribution in [1.29, 1.82) is 0 Å². The molecule has 0 aliphatic heterocycles. The molecule has 0 amide bonds. The smallest absolute Gasteiger partial charge is 0.253 e. The number of nitrogens with zero attached hydrogens (tertiary/aromatic N) is 2. The van der Waals surface area contributed by atoms with Gasteiger partial charge in [0.15, 0.2) is 12.9 Å². The molecule has 1 heterocycles. The largest absolute Gasteiger partial charge is 0.483 e. The third-order valence-electron chi connectivity index (χ3n) is 2.55. The Bertz CT molecular complexity index is 596. The van der Waals surface area contributed by atoms with Gasteiger partial charge in [-0.05, 0) is 24.6 Å². The Hall–Kier alpha value is -1.69. The molecular weight excluding hydrogens is 312 g/mol. The number of aromatic nitrogens is 2. The molecule has 1 aromatic heterocycles. The van der Waals surface area contributed by atoms with E-state index in [2.05, 4.69) is 26.1 Å². The number of halogens is 1. The van der Waals surface area contributed by atoms with E-state index in [1.54, 1.807) is 6.07 Å². The van der Waals surface area contributed by atoms with Gasteiger partial charge in [0.05, 0.1) is 5.56 Å². The lowest BCUT2D eigenvalue weighted by Gasteiger charge is -2.10. The molecule has 100 valence electrons. The quantitative estimate of drug-likeness (QED) is 0.791. The van der Waals surface area contributed by atoms with Crippen molar-refractivity contribution in [3.63, 3.8) is 0 Å². The lowest BCUT2D eigenvalue weighted by Crippen LogP contribution is -2.01. The number of aryl methyl sites for hydroxylation is 2. The average Bonchev–Trinajstić information content (AvgIpc) is 2.84. The minimum absolute atomic E-state index is 0.149. The van der Waals surface area contributed by atoms with Crippen LogP contribution in [-0.2, 0) is 13.0 Å². The highest BCUT2D eigenvalue weighted by atomic mass is 79.9. The Morgan fingerprint density at radius 2 is 2.11 bits per heavy atom. The minimum atomic E-state index is 0.149. The number of hydrogen-bond donors (Lipinski definition) is 0. The fourth-order valence-electron chi connectivity index (χ4n) is 1.66. The van der Waals surface area contributed by atoms with Crippen molar-refractivity contribution in [1.82, 2.24) is 10.2 Å². The van der Waals surface area contributed by atoms with Crippen LogP contribution in [0.5, 0.6) is 5.75 Å². The maximum atomic E-state index is 11.0. The molecule has 0 saturated heterocycles. The predicted molar refractivity (Wildman–Crippen MR) is 72.3 cm³/mol. The Balaban J connectivity index is 2.17. The number of rotatable bonds is 5. The number of carbonyl (C=O) groups is 1. The third-order valence-corrected chi connectivity index (χ3v) is 3.00. The van der Waals surface area contributed by atoms with Gasteiger partial charge in [0.25, 0.3) is 5.89 Å². The highest BCUT2D eigenvalue weighted by Crippen LogP contribution is 2.27. The van der Waals surface area contributed by atoms with E-state index in [0.29, 0.717) is 29.5 Å². The van der Waals surface area contributed by atoms with Crippen LogP contribution in [0, 0.1) is 6.92 Å². The molecule has 0 bridgehead atoms. The van der Waals surface area contributed by atoms with Crippen LogP contribution in [0.1, 0.15) is 34.6 Å². The van der Waals surface area contributed by atoms with E-state index >= 15 is 0 Å². The molecule has 1 aromatic carbocycles. The highest BCUT2D eigenvalue weighted by Gasteiger charge is 2.11. The summed E-state index contributed by atoms with van der Waals surface area (Å²) in [5, 5.41) is 7.72. The van der Waals surface area contributed by atoms with Crippen molar-refractivity contribution in [2.75, 3.05) is 0 Å². The van der Waals surface area contributed by atoms with Crippen molar-refractivity contribution in [2.24, 2.45) is 0 Å². The number of hydrogen-bond acceptors (Lipinski definition) is 5. The number of aldehydes is 1. The van der Waals surface area contributed by atoms with Crippen LogP contribution in [-0.4, -0.2) is 16.5 Å². The minimum Gasteiger partial charge on any atom is -0.483 e. The van der Waals surface area contributed by atoms with E-state index < -0.39 is 0 Å². The first-order valence-corrected chi connectivity index (χ1v) is 6.62.